The van der Waals surface area contributed by atoms with Gasteiger partial charge in [-0.05, 0) is 23.5 Å². The maximum absolute atomic E-state index is 12.4. The fourth-order valence-electron chi connectivity index (χ4n) is 2.13. The molecular weight excluding hydrogens is 236 g/mol. The highest BCUT2D eigenvalue weighted by Crippen LogP contribution is 2.23. The summed E-state index contributed by atoms with van der Waals surface area (Å²) in [5, 5.41) is 4.12. The summed E-state index contributed by atoms with van der Waals surface area (Å²) < 4.78 is 1.63. The number of ketones is 1. The van der Waals surface area contributed by atoms with Crippen LogP contribution in [0.2, 0.25) is 0 Å². The third kappa shape index (κ3) is 2.60. The number of nitrogens with zero attached hydrogens (tertiary/aromatic N) is 2. The molecule has 0 unspecified atom stereocenters. The molecule has 0 N–H and O–H groups in total. The molecule has 1 aromatic heterocycles. The molecule has 0 aliphatic heterocycles. The minimum Gasteiger partial charge on any atom is -0.287 e. The Kier molecular flexibility index (Phi) is 3.31. The number of hydrogen-bond acceptors (Lipinski definition) is 2. The summed E-state index contributed by atoms with van der Waals surface area (Å²) in [4.78, 5) is 12.4. The molecule has 0 saturated heterocycles. The lowest BCUT2D eigenvalue weighted by Crippen LogP contribution is -2.13. The molecule has 0 saturated carbocycles. The number of carbonyl (C=O) groups excluding carboxylic acids is 1. The van der Waals surface area contributed by atoms with Crippen molar-refractivity contribution >= 4 is 5.78 Å². The molecule has 19 heavy (non-hydrogen) atoms. The van der Waals surface area contributed by atoms with Gasteiger partial charge in [0.05, 0.1) is 6.20 Å². The molecule has 0 amide bonds. The van der Waals surface area contributed by atoms with Crippen LogP contribution in [-0.4, -0.2) is 15.6 Å². The van der Waals surface area contributed by atoms with Crippen molar-refractivity contribution < 1.29 is 4.79 Å². The molecule has 100 valence electrons. The topological polar surface area (TPSA) is 34.9 Å². The summed E-state index contributed by atoms with van der Waals surface area (Å²) in [6, 6.07) is 7.85. The fourth-order valence-corrected chi connectivity index (χ4v) is 2.13. The van der Waals surface area contributed by atoms with E-state index in [2.05, 4.69) is 25.9 Å². The molecule has 1 aromatic carbocycles. The van der Waals surface area contributed by atoms with Crippen molar-refractivity contribution in [3.05, 3.63) is 52.8 Å². The van der Waals surface area contributed by atoms with Crippen LogP contribution in [0.15, 0.2) is 30.5 Å². The molecule has 3 nitrogen and oxygen atoms in total. The van der Waals surface area contributed by atoms with Gasteiger partial charge in [-0.1, -0.05) is 45.0 Å². The van der Waals surface area contributed by atoms with Gasteiger partial charge in [0.15, 0.2) is 0 Å². The Balaban J connectivity index is 2.36. The Hall–Kier alpha value is -1.90. The monoisotopic (exact) mass is 256 g/mol. The first-order valence-electron chi connectivity index (χ1n) is 6.44. The van der Waals surface area contributed by atoms with E-state index in [1.165, 1.54) is 5.56 Å². The number of rotatable bonds is 2. The summed E-state index contributed by atoms with van der Waals surface area (Å²) in [5.41, 5.74) is 3.60. The smallest absolute Gasteiger partial charge is 0.211 e. The number of benzene rings is 1. The molecule has 0 spiro atoms. The second-order valence-electron chi connectivity index (χ2n) is 5.96. The van der Waals surface area contributed by atoms with Crippen LogP contribution in [0.25, 0.3) is 0 Å². The summed E-state index contributed by atoms with van der Waals surface area (Å²) in [7, 11) is 1.80. The molecule has 0 radical (unpaired) electrons. The molecule has 0 fully saturated rings. The van der Waals surface area contributed by atoms with Crippen LogP contribution in [-0.2, 0) is 12.5 Å². The molecule has 3 heteroatoms. The van der Waals surface area contributed by atoms with Crippen molar-refractivity contribution in [1.29, 1.82) is 0 Å². The molecule has 0 aliphatic rings. The van der Waals surface area contributed by atoms with E-state index in [-0.39, 0.29) is 11.2 Å². The molecule has 0 bridgehead atoms. The highest BCUT2D eigenvalue weighted by molar-refractivity contribution is 6.08. The maximum atomic E-state index is 12.4. The fraction of sp³-hybridized carbons (Fsp3) is 0.375. The normalized spacial score (nSPS) is 11.6. The summed E-state index contributed by atoms with van der Waals surface area (Å²) in [6.45, 7) is 8.39. The van der Waals surface area contributed by atoms with Crippen LogP contribution in [0.4, 0.5) is 0 Å². The van der Waals surface area contributed by atoms with E-state index in [0.29, 0.717) is 11.3 Å². The lowest BCUT2D eigenvalue weighted by atomic mass is 9.86. The van der Waals surface area contributed by atoms with E-state index in [0.717, 1.165) is 5.56 Å². The molecule has 2 aromatic rings. The second kappa shape index (κ2) is 4.65. The highest BCUT2D eigenvalue weighted by Gasteiger charge is 2.18. The van der Waals surface area contributed by atoms with E-state index < -0.39 is 0 Å². The SMILES string of the molecule is Cc1cnn(C)c1C(=O)c1ccc(C(C)(C)C)cc1. The summed E-state index contributed by atoms with van der Waals surface area (Å²) in [6.07, 6.45) is 1.72. The average molecular weight is 256 g/mol. The predicted octanol–water partition coefficient (Wildman–Crippen LogP) is 3.26. The van der Waals surface area contributed by atoms with Gasteiger partial charge in [-0.25, -0.2) is 0 Å². The van der Waals surface area contributed by atoms with Gasteiger partial charge in [0.2, 0.25) is 5.78 Å². The van der Waals surface area contributed by atoms with Gasteiger partial charge in [-0.2, -0.15) is 5.10 Å². The predicted molar refractivity (Wildman–Crippen MR) is 76.5 cm³/mol. The van der Waals surface area contributed by atoms with E-state index in [1.54, 1.807) is 17.9 Å². The second-order valence-corrected chi connectivity index (χ2v) is 5.96. The zero-order chi connectivity index (χ0) is 14.2. The lowest BCUT2D eigenvalue weighted by Gasteiger charge is -2.19. The molecular formula is C16H20N2O. The first-order valence-corrected chi connectivity index (χ1v) is 6.44. The third-order valence-corrected chi connectivity index (χ3v) is 3.35. The van der Waals surface area contributed by atoms with Crippen molar-refractivity contribution in [3.8, 4) is 0 Å². The summed E-state index contributed by atoms with van der Waals surface area (Å²) in [5.74, 6) is 0.0259. The van der Waals surface area contributed by atoms with Gasteiger partial charge in [0.25, 0.3) is 0 Å². The molecule has 1 heterocycles. The average Bonchev–Trinajstić information content (AvgIpc) is 2.67. The highest BCUT2D eigenvalue weighted by atomic mass is 16.1. The van der Waals surface area contributed by atoms with Gasteiger partial charge < -0.3 is 0 Å². The van der Waals surface area contributed by atoms with Gasteiger partial charge >= 0.3 is 0 Å². The maximum Gasteiger partial charge on any atom is 0.211 e. The summed E-state index contributed by atoms with van der Waals surface area (Å²) >= 11 is 0. The van der Waals surface area contributed by atoms with Crippen molar-refractivity contribution in [2.24, 2.45) is 7.05 Å². The van der Waals surface area contributed by atoms with Crippen LogP contribution in [0.1, 0.15) is 48.0 Å². The minimum absolute atomic E-state index is 0.0259. The third-order valence-electron chi connectivity index (χ3n) is 3.35. The quantitative estimate of drug-likeness (QED) is 0.773. The minimum atomic E-state index is 0.0259. The van der Waals surface area contributed by atoms with Crippen LogP contribution < -0.4 is 0 Å². The molecule has 2 rings (SSSR count). The van der Waals surface area contributed by atoms with Crippen molar-refractivity contribution in [1.82, 2.24) is 9.78 Å². The number of hydrogen-bond donors (Lipinski definition) is 0. The Morgan fingerprint density at radius 1 is 1.16 bits per heavy atom. The van der Waals surface area contributed by atoms with Crippen LogP contribution >= 0.6 is 0 Å². The van der Waals surface area contributed by atoms with Crippen molar-refractivity contribution in [2.45, 2.75) is 33.1 Å². The van der Waals surface area contributed by atoms with Crippen LogP contribution in [0, 0.1) is 6.92 Å². The standard InChI is InChI=1S/C16H20N2O/c1-11-10-17-18(5)14(11)15(19)12-6-8-13(9-7-12)16(2,3)4/h6-10H,1-5H3. The number of aryl methyl sites for hydroxylation is 2. The zero-order valence-electron chi connectivity index (χ0n) is 12.2. The largest absolute Gasteiger partial charge is 0.287 e. The van der Waals surface area contributed by atoms with Gasteiger partial charge in [0.1, 0.15) is 5.69 Å². The lowest BCUT2D eigenvalue weighted by molar-refractivity contribution is 0.102. The van der Waals surface area contributed by atoms with Crippen LogP contribution in [0.5, 0.6) is 0 Å². The van der Waals surface area contributed by atoms with Crippen molar-refractivity contribution in [2.75, 3.05) is 0 Å². The van der Waals surface area contributed by atoms with E-state index in [1.807, 2.05) is 31.2 Å². The van der Waals surface area contributed by atoms with Gasteiger partial charge in [-0.15, -0.1) is 0 Å². The Morgan fingerprint density at radius 2 is 1.74 bits per heavy atom. The van der Waals surface area contributed by atoms with Gasteiger partial charge in [0, 0.05) is 12.6 Å². The number of aromatic nitrogens is 2. The Morgan fingerprint density at radius 3 is 2.16 bits per heavy atom. The first kappa shape index (κ1) is 13.5. The Bertz CT molecular complexity index is 581. The van der Waals surface area contributed by atoms with E-state index >= 15 is 0 Å². The number of carbonyl (C=O) groups is 1. The van der Waals surface area contributed by atoms with Gasteiger partial charge in [-0.3, -0.25) is 9.48 Å². The van der Waals surface area contributed by atoms with E-state index in [9.17, 15) is 4.79 Å². The zero-order valence-corrected chi connectivity index (χ0v) is 12.2. The van der Waals surface area contributed by atoms with E-state index in [4.69, 9.17) is 0 Å². The molecule has 0 atom stereocenters. The van der Waals surface area contributed by atoms with Crippen LogP contribution in [0.3, 0.4) is 0 Å². The first-order chi connectivity index (χ1) is 8.80. The Labute approximate surface area is 114 Å². The molecule has 0 aliphatic carbocycles. The van der Waals surface area contributed by atoms with Crippen molar-refractivity contribution in [3.63, 3.8) is 0 Å².